The van der Waals surface area contributed by atoms with Gasteiger partial charge in [0.15, 0.2) is 5.75 Å². The van der Waals surface area contributed by atoms with Crippen LogP contribution >= 0.6 is 23.2 Å². The van der Waals surface area contributed by atoms with E-state index in [-0.39, 0.29) is 41.3 Å². The summed E-state index contributed by atoms with van der Waals surface area (Å²) >= 11 is 11.7. The highest BCUT2D eigenvalue weighted by Gasteiger charge is 2.34. The lowest BCUT2D eigenvalue weighted by atomic mass is 10.2. The number of alkyl halides is 3. The number of sulfonamides is 1. The number of hydrogen-bond donors (Lipinski definition) is 3. The second-order valence-electron chi connectivity index (χ2n) is 8.89. The van der Waals surface area contributed by atoms with Crippen LogP contribution < -0.4 is 20.5 Å². The number of halogens is 5. The van der Waals surface area contributed by atoms with Crippen LogP contribution in [0.1, 0.15) is 15.9 Å². The summed E-state index contributed by atoms with van der Waals surface area (Å²) < 4.78 is 89.6. The van der Waals surface area contributed by atoms with Crippen molar-refractivity contribution in [2.24, 2.45) is 5.73 Å². The lowest BCUT2D eigenvalue weighted by Crippen LogP contribution is -2.27. The highest BCUT2D eigenvalue weighted by Crippen LogP contribution is 2.37. The Balaban J connectivity index is 1.55. The van der Waals surface area contributed by atoms with E-state index in [1.54, 1.807) is 0 Å². The van der Waals surface area contributed by atoms with Gasteiger partial charge >= 0.3 is 6.18 Å². The molecule has 0 unspecified atom stereocenters. The van der Waals surface area contributed by atoms with Gasteiger partial charge in [-0.05, 0) is 54.6 Å². The molecule has 0 fully saturated rings. The molecule has 16 heteroatoms. The zero-order valence-electron chi connectivity index (χ0n) is 23.2. The van der Waals surface area contributed by atoms with Crippen LogP contribution in [-0.2, 0) is 30.4 Å². The van der Waals surface area contributed by atoms with Gasteiger partial charge in [-0.2, -0.15) is 13.2 Å². The minimum absolute atomic E-state index is 0.0347. The van der Waals surface area contributed by atoms with Crippen LogP contribution in [-0.4, -0.2) is 67.1 Å². The van der Waals surface area contributed by atoms with E-state index in [9.17, 15) is 26.4 Å². The van der Waals surface area contributed by atoms with Crippen molar-refractivity contribution in [3.8, 4) is 11.5 Å². The number of nitrogens with one attached hydrogen (secondary N) is 2. The molecule has 3 rings (SSSR count). The quantitative estimate of drug-likeness (QED) is 0.163. The fourth-order valence-corrected chi connectivity index (χ4v) is 5.01. The first-order chi connectivity index (χ1) is 20.9. The second-order valence-corrected chi connectivity index (χ2v) is 11.4. The normalized spacial score (nSPS) is 11.8. The maximum atomic E-state index is 13.3. The maximum absolute atomic E-state index is 13.3. The molecule has 0 radical (unpaired) electrons. The van der Waals surface area contributed by atoms with Gasteiger partial charge in [0.05, 0.1) is 60.8 Å². The first-order valence-electron chi connectivity index (χ1n) is 13.1. The number of amides is 1. The van der Waals surface area contributed by atoms with Crippen molar-refractivity contribution in [2.75, 3.05) is 57.5 Å². The number of benzene rings is 3. The van der Waals surface area contributed by atoms with Crippen LogP contribution in [0.4, 0.5) is 18.9 Å². The van der Waals surface area contributed by atoms with Crippen LogP contribution in [0.25, 0.3) is 0 Å². The van der Waals surface area contributed by atoms with Gasteiger partial charge in [0.25, 0.3) is 15.9 Å². The molecule has 0 spiro atoms. The van der Waals surface area contributed by atoms with Gasteiger partial charge < -0.3 is 30.0 Å². The molecule has 0 aliphatic carbocycles. The Bertz CT molecular complexity index is 1490. The Morgan fingerprint density at radius 2 is 1.48 bits per heavy atom. The van der Waals surface area contributed by atoms with Gasteiger partial charge in [0, 0.05) is 29.7 Å². The monoisotopic (exact) mass is 679 g/mol. The zero-order valence-corrected chi connectivity index (χ0v) is 25.5. The van der Waals surface area contributed by atoms with E-state index in [4.69, 9.17) is 47.9 Å². The highest BCUT2D eigenvalue weighted by molar-refractivity contribution is 7.92. The summed E-state index contributed by atoms with van der Waals surface area (Å²) in [6.45, 7) is 3.11. The summed E-state index contributed by atoms with van der Waals surface area (Å²) in [5, 5.41) is 2.28. The molecule has 0 aliphatic heterocycles. The van der Waals surface area contributed by atoms with Crippen molar-refractivity contribution in [2.45, 2.75) is 11.1 Å². The molecule has 0 heterocycles. The Hall–Kier alpha value is -3.11. The summed E-state index contributed by atoms with van der Waals surface area (Å²) in [6, 6.07) is 12.2. The molecule has 44 heavy (non-hydrogen) atoms. The van der Waals surface area contributed by atoms with Crippen LogP contribution in [0.3, 0.4) is 0 Å². The Kier molecular flexibility index (Phi) is 13.5. The fraction of sp³-hybridized carbons (Fsp3) is 0.321. The zero-order chi connectivity index (χ0) is 32.2. The summed E-state index contributed by atoms with van der Waals surface area (Å²) in [4.78, 5) is 11.8. The third kappa shape index (κ3) is 11.1. The van der Waals surface area contributed by atoms with Crippen molar-refractivity contribution in [1.82, 2.24) is 5.32 Å². The van der Waals surface area contributed by atoms with E-state index >= 15 is 0 Å². The number of rotatable bonds is 17. The smallest absolute Gasteiger partial charge is 0.417 e. The van der Waals surface area contributed by atoms with Crippen molar-refractivity contribution < 1.29 is 45.3 Å². The average Bonchev–Trinajstić information content (AvgIpc) is 2.97. The molecule has 0 bridgehead atoms. The van der Waals surface area contributed by atoms with Crippen molar-refractivity contribution in [3.05, 3.63) is 81.8 Å². The molecular weight excluding hydrogens is 650 g/mol. The van der Waals surface area contributed by atoms with Gasteiger partial charge in [-0.15, -0.1) is 0 Å². The predicted octanol–water partition coefficient (Wildman–Crippen LogP) is 5.34. The van der Waals surface area contributed by atoms with Gasteiger partial charge in [-0.3, -0.25) is 9.52 Å². The number of hydrogen-bond acceptors (Lipinski definition) is 8. The topological polar surface area (TPSA) is 138 Å². The van der Waals surface area contributed by atoms with Gasteiger partial charge in [0.2, 0.25) is 0 Å². The first kappa shape index (κ1) is 35.4. The van der Waals surface area contributed by atoms with Crippen molar-refractivity contribution >= 4 is 44.8 Å². The lowest BCUT2D eigenvalue weighted by Gasteiger charge is -2.15. The molecule has 4 N–H and O–H groups in total. The standard InChI is InChI=1S/C28H30Cl2F3N3O7S/c29-20-3-8-25(36-44(38,39)22-6-7-24(30)23(18-22)28(31,32)33)26(17-20)43-21-4-1-19(2-5-21)27(37)35-10-12-41-14-16-42-15-13-40-11-9-34/h1-8,17-18,36H,9-16,34H2,(H,35,37). The molecule has 3 aromatic rings. The van der Waals surface area contributed by atoms with Crippen molar-refractivity contribution in [3.63, 3.8) is 0 Å². The molecule has 3 aromatic carbocycles. The summed E-state index contributed by atoms with van der Waals surface area (Å²) in [5.41, 5.74) is 4.26. The maximum Gasteiger partial charge on any atom is 0.417 e. The van der Waals surface area contributed by atoms with E-state index in [0.717, 1.165) is 12.1 Å². The predicted molar refractivity (Wildman–Crippen MR) is 159 cm³/mol. The average molecular weight is 681 g/mol. The summed E-state index contributed by atoms with van der Waals surface area (Å²) in [5.74, 6) is -0.162. The van der Waals surface area contributed by atoms with Gasteiger partial charge in [-0.25, -0.2) is 8.42 Å². The molecule has 0 saturated carbocycles. The second kappa shape index (κ2) is 16.8. The molecular formula is C28H30Cl2F3N3O7S. The molecule has 10 nitrogen and oxygen atoms in total. The van der Waals surface area contributed by atoms with Crippen LogP contribution in [0, 0.1) is 0 Å². The number of carbonyl (C=O) groups is 1. The number of carbonyl (C=O) groups excluding carboxylic acids is 1. The number of nitrogens with two attached hydrogens (primary N) is 1. The summed E-state index contributed by atoms with van der Waals surface area (Å²) in [6.07, 6.45) is -4.86. The lowest BCUT2D eigenvalue weighted by molar-refractivity contribution is -0.137. The SMILES string of the molecule is NCCOCCOCCOCCNC(=O)c1ccc(Oc2cc(Cl)ccc2NS(=O)(=O)c2ccc(Cl)c(C(F)(F)F)c2)cc1. The third-order valence-corrected chi connectivity index (χ3v) is 7.55. The molecule has 1 amide bonds. The van der Waals surface area contributed by atoms with Gasteiger partial charge in [0.1, 0.15) is 5.75 Å². The van der Waals surface area contributed by atoms with Crippen LogP contribution in [0.15, 0.2) is 65.6 Å². The molecule has 0 aromatic heterocycles. The third-order valence-electron chi connectivity index (χ3n) is 5.62. The largest absolute Gasteiger partial charge is 0.455 e. The number of ether oxygens (including phenoxy) is 4. The van der Waals surface area contributed by atoms with Crippen LogP contribution in [0.2, 0.25) is 10.0 Å². The van der Waals surface area contributed by atoms with Crippen LogP contribution in [0.5, 0.6) is 11.5 Å². The van der Waals surface area contributed by atoms with Gasteiger partial charge in [-0.1, -0.05) is 23.2 Å². The van der Waals surface area contributed by atoms with E-state index in [0.29, 0.717) is 51.2 Å². The Morgan fingerprint density at radius 3 is 2.11 bits per heavy atom. The molecule has 0 aliphatic rings. The molecule has 0 atom stereocenters. The van der Waals surface area contributed by atoms with E-state index in [2.05, 4.69) is 10.0 Å². The van der Waals surface area contributed by atoms with Crippen molar-refractivity contribution in [1.29, 1.82) is 0 Å². The molecule has 0 saturated heterocycles. The summed E-state index contributed by atoms with van der Waals surface area (Å²) in [7, 11) is -4.49. The minimum Gasteiger partial charge on any atom is -0.455 e. The fourth-order valence-electron chi connectivity index (χ4n) is 3.52. The van der Waals surface area contributed by atoms with E-state index in [1.807, 2.05) is 0 Å². The molecule has 240 valence electrons. The highest BCUT2D eigenvalue weighted by atomic mass is 35.5. The number of anilines is 1. The van der Waals surface area contributed by atoms with E-state index in [1.165, 1.54) is 42.5 Å². The minimum atomic E-state index is -4.86. The first-order valence-corrected chi connectivity index (χ1v) is 15.3. The Labute approximate surface area is 262 Å². The van der Waals surface area contributed by atoms with E-state index < -0.39 is 31.7 Å². The Morgan fingerprint density at radius 1 is 0.841 bits per heavy atom.